The Kier molecular flexibility index (Phi) is 6.67. The largest absolute Gasteiger partial charge is 0.480 e. The second-order valence-electron chi connectivity index (χ2n) is 4.21. The molecule has 0 aromatic carbocycles. The van der Waals surface area contributed by atoms with Crippen molar-refractivity contribution in [3.05, 3.63) is 16.1 Å². The van der Waals surface area contributed by atoms with Crippen LogP contribution in [0.15, 0.2) is 6.07 Å². The van der Waals surface area contributed by atoms with E-state index in [1.54, 1.807) is 13.8 Å². The van der Waals surface area contributed by atoms with E-state index in [1.807, 2.05) is 0 Å². The number of hydrogen-bond donors (Lipinski definition) is 2. The Balaban J connectivity index is 2.73. The highest BCUT2D eigenvalue weighted by atomic mass is 35.5. The lowest BCUT2D eigenvalue weighted by atomic mass is 10.4. The first kappa shape index (κ1) is 17.5. The van der Waals surface area contributed by atoms with Gasteiger partial charge in [-0.1, -0.05) is 23.2 Å². The summed E-state index contributed by atoms with van der Waals surface area (Å²) in [6.07, 6.45) is -0.154. The van der Waals surface area contributed by atoms with Crippen LogP contribution < -0.4 is 10.1 Å². The van der Waals surface area contributed by atoms with Crippen molar-refractivity contribution in [2.24, 2.45) is 0 Å². The summed E-state index contributed by atoms with van der Waals surface area (Å²) in [5.74, 6) is -1.57. The molecule has 0 spiro atoms. The van der Waals surface area contributed by atoms with Gasteiger partial charge in [0.1, 0.15) is 18.2 Å². The SMILES string of the molecule is CC(C)Oc1nc(NC(=O)COCC(=O)O)c(Cl)cc1Cl. The number of halogens is 2. The molecule has 116 valence electrons. The van der Waals surface area contributed by atoms with E-state index in [0.717, 1.165) is 0 Å². The Morgan fingerprint density at radius 3 is 2.57 bits per heavy atom. The molecule has 0 atom stereocenters. The number of carbonyl (C=O) groups excluding carboxylic acids is 1. The molecule has 1 amide bonds. The minimum atomic E-state index is -1.17. The lowest BCUT2D eigenvalue weighted by molar-refractivity contribution is -0.143. The third kappa shape index (κ3) is 6.16. The standard InChI is InChI=1S/C12H14Cl2N2O5/c1-6(2)21-12-8(14)3-7(13)11(16-12)15-9(17)4-20-5-10(18)19/h3,6H,4-5H2,1-2H3,(H,18,19)(H,15,16,17). The maximum Gasteiger partial charge on any atom is 0.329 e. The Bertz CT molecular complexity index is 537. The number of aromatic nitrogens is 1. The van der Waals surface area contributed by atoms with E-state index in [2.05, 4.69) is 15.0 Å². The van der Waals surface area contributed by atoms with E-state index in [1.165, 1.54) is 6.07 Å². The van der Waals surface area contributed by atoms with Crippen LogP contribution in [0.4, 0.5) is 5.82 Å². The third-order valence-corrected chi connectivity index (χ3v) is 2.52. The molecular weight excluding hydrogens is 323 g/mol. The van der Waals surface area contributed by atoms with E-state index in [0.29, 0.717) is 0 Å². The maximum atomic E-state index is 11.6. The first-order valence-corrected chi connectivity index (χ1v) is 6.67. The molecule has 0 radical (unpaired) electrons. The smallest absolute Gasteiger partial charge is 0.329 e. The van der Waals surface area contributed by atoms with Gasteiger partial charge in [0.25, 0.3) is 5.91 Å². The van der Waals surface area contributed by atoms with E-state index >= 15 is 0 Å². The van der Waals surface area contributed by atoms with Gasteiger partial charge in [0.2, 0.25) is 5.88 Å². The zero-order chi connectivity index (χ0) is 16.0. The van der Waals surface area contributed by atoms with E-state index in [9.17, 15) is 9.59 Å². The van der Waals surface area contributed by atoms with Crippen LogP contribution in [-0.2, 0) is 14.3 Å². The predicted molar refractivity (Wildman–Crippen MR) is 77.1 cm³/mol. The van der Waals surface area contributed by atoms with Gasteiger partial charge in [0.15, 0.2) is 5.82 Å². The molecule has 1 rings (SSSR count). The number of pyridine rings is 1. The molecule has 0 aliphatic rings. The number of carbonyl (C=O) groups is 2. The molecule has 21 heavy (non-hydrogen) atoms. The van der Waals surface area contributed by atoms with Crippen LogP contribution in [0, 0.1) is 0 Å². The Labute approximate surface area is 131 Å². The number of carboxylic acid groups (broad SMARTS) is 1. The minimum absolute atomic E-state index is 0.0561. The highest BCUT2D eigenvalue weighted by Gasteiger charge is 2.14. The van der Waals surface area contributed by atoms with Crippen molar-refractivity contribution in [2.75, 3.05) is 18.5 Å². The Hall–Kier alpha value is -1.57. The Morgan fingerprint density at radius 2 is 2.00 bits per heavy atom. The molecule has 0 saturated carbocycles. The summed E-state index contributed by atoms with van der Waals surface area (Å²) in [6, 6.07) is 1.39. The first-order chi connectivity index (χ1) is 9.79. The number of amides is 1. The van der Waals surface area contributed by atoms with Gasteiger partial charge in [-0.25, -0.2) is 4.79 Å². The summed E-state index contributed by atoms with van der Waals surface area (Å²) >= 11 is 11.8. The number of rotatable bonds is 7. The van der Waals surface area contributed by atoms with Crippen LogP contribution in [0.3, 0.4) is 0 Å². The van der Waals surface area contributed by atoms with Gasteiger partial charge in [0, 0.05) is 0 Å². The van der Waals surface area contributed by atoms with Crippen molar-refractivity contribution >= 4 is 40.9 Å². The first-order valence-electron chi connectivity index (χ1n) is 5.91. The van der Waals surface area contributed by atoms with Crippen molar-refractivity contribution in [1.82, 2.24) is 4.98 Å². The van der Waals surface area contributed by atoms with Gasteiger partial charge >= 0.3 is 5.97 Å². The summed E-state index contributed by atoms with van der Waals surface area (Å²) in [4.78, 5) is 25.8. The Morgan fingerprint density at radius 1 is 1.33 bits per heavy atom. The molecule has 0 bridgehead atoms. The number of carboxylic acids is 1. The predicted octanol–water partition coefficient (Wildman–Crippen LogP) is 2.22. The van der Waals surface area contributed by atoms with Crippen molar-refractivity contribution in [2.45, 2.75) is 20.0 Å². The van der Waals surface area contributed by atoms with E-state index < -0.39 is 25.1 Å². The maximum absolute atomic E-state index is 11.6. The summed E-state index contributed by atoms with van der Waals surface area (Å²) in [5, 5.41) is 11.1. The number of hydrogen-bond acceptors (Lipinski definition) is 5. The van der Waals surface area contributed by atoms with Crippen LogP contribution in [-0.4, -0.2) is 41.3 Å². The molecule has 0 unspecified atom stereocenters. The third-order valence-electron chi connectivity index (χ3n) is 1.96. The zero-order valence-electron chi connectivity index (χ0n) is 11.4. The molecule has 1 heterocycles. The monoisotopic (exact) mass is 336 g/mol. The summed E-state index contributed by atoms with van der Waals surface area (Å²) < 4.78 is 10.0. The molecule has 0 fully saturated rings. The lowest BCUT2D eigenvalue weighted by Crippen LogP contribution is -2.21. The quantitative estimate of drug-likeness (QED) is 0.792. The van der Waals surface area contributed by atoms with Crippen LogP contribution in [0.5, 0.6) is 5.88 Å². The number of ether oxygens (including phenoxy) is 2. The fourth-order valence-electron chi connectivity index (χ4n) is 1.24. The van der Waals surface area contributed by atoms with Gasteiger partial charge in [-0.2, -0.15) is 4.98 Å². The average Bonchev–Trinajstić information content (AvgIpc) is 2.34. The normalized spacial score (nSPS) is 10.5. The fourth-order valence-corrected chi connectivity index (χ4v) is 1.69. The molecule has 7 nitrogen and oxygen atoms in total. The average molecular weight is 337 g/mol. The molecule has 9 heteroatoms. The second kappa shape index (κ2) is 8.02. The second-order valence-corrected chi connectivity index (χ2v) is 5.02. The van der Waals surface area contributed by atoms with Crippen LogP contribution >= 0.6 is 23.2 Å². The molecule has 0 saturated heterocycles. The summed E-state index contributed by atoms with van der Waals surface area (Å²) in [6.45, 7) is 2.58. The molecule has 1 aromatic heterocycles. The fraction of sp³-hybridized carbons (Fsp3) is 0.417. The van der Waals surface area contributed by atoms with Gasteiger partial charge in [-0.05, 0) is 19.9 Å². The van der Waals surface area contributed by atoms with Crippen molar-refractivity contribution < 1.29 is 24.2 Å². The lowest BCUT2D eigenvalue weighted by Gasteiger charge is -2.13. The zero-order valence-corrected chi connectivity index (χ0v) is 12.9. The molecule has 1 aromatic rings. The van der Waals surface area contributed by atoms with Gasteiger partial charge in [-0.15, -0.1) is 0 Å². The number of anilines is 1. The topological polar surface area (TPSA) is 97.8 Å². The molecule has 0 aliphatic carbocycles. The van der Waals surface area contributed by atoms with Crippen LogP contribution in [0.25, 0.3) is 0 Å². The molecule has 2 N–H and O–H groups in total. The number of nitrogens with zero attached hydrogens (tertiary/aromatic N) is 1. The summed E-state index contributed by atoms with van der Waals surface area (Å²) in [5.41, 5.74) is 0. The minimum Gasteiger partial charge on any atom is -0.480 e. The van der Waals surface area contributed by atoms with Crippen molar-refractivity contribution in [1.29, 1.82) is 0 Å². The molecular formula is C12H14Cl2N2O5. The van der Waals surface area contributed by atoms with E-state index in [4.69, 9.17) is 33.0 Å². The van der Waals surface area contributed by atoms with Gasteiger partial charge in [-0.3, -0.25) is 4.79 Å². The number of nitrogens with one attached hydrogen (secondary N) is 1. The summed E-state index contributed by atoms with van der Waals surface area (Å²) in [7, 11) is 0. The van der Waals surface area contributed by atoms with Crippen molar-refractivity contribution in [3.63, 3.8) is 0 Å². The highest BCUT2D eigenvalue weighted by Crippen LogP contribution is 2.31. The van der Waals surface area contributed by atoms with Crippen LogP contribution in [0.2, 0.25) is 10.0 Å². The van der Waals surface area contributed by atoms with Gasteiger partial charge < -0.3 is 19.9 Å². The number of aliphatic carboxylic acids is 1. The van der Waals surface area contributed by atoms with Gasteiger partial charge in [0.05, 0.1) is 11.1 Å². The molecule has 0 aliphatic heterocycles. The highest BCUT2D eigenvalue weighted by molar-refractivity contribution is 6.37. The van der Waals surface area contributed by atoms with Crippen molar-refractivity contribution in [3.8, 4) is 5.88 Å². The van der Waals surface area contributed by atoms with E-state index in [-0.39, 0.29) is 27.8 Å². The van der Waals surface area contributed by atoms with Crippen LogP contribution in [0.1, 0.15) is 13.8 Å².